The number of carbonyl (C=O) groups excluding carboxylic acids is 1. The first-order valence-corrected chi connectivity index (χ1v) is 12.6. The number of rotatable bonds is 7. The van der Waals surface area contributed by atoms with Crippen LogP contribution in [0.2, 0.25) is 10.0 Å². The van der Waals surface area contributed by atoms with Crippen LogP contribution in [0.3, 0.4) is 0 Å². The zero-order valence-corrected chi connectivity index (χ0v) is 20.0. The molecule has 0 spiro atoms. The van der Waals surface area contributed by atoms with Crippen molar-refractivity contribution in [2.24, 2.45) is 0 Å². The van der Waals surface area contributed by atoms with Crippen LogP contribution in [0.15, 0.2) is 83.8 Å². The lowest BCUT2D eigenvalue weighted by Gasteiger charge is -2.24. The standard InChI is InChI=1S/C22H16Cl2N4O3S2/c23-16-11-12-19(18(24)13-16)28(33(30,31)17-9-5-2-6-10-17)14-20(29)25-22-27-26-21(32-22)15-7-3-1-4-8-15/h1-13H,14H2,(H,25,27,29). The summed E-state index contributed by atoms with van der Waals surface area (Å²) in [4.78, 5) is 12.9. The van der Waals surface area contributed by atoms with E-state index in [9.17, 15) is 13.2 Å². The number of amides is 1. The molecule has 0 radical (unpaired) electrons. The quantitative estimate of drug-likeness (QED) is 0.356. The molecule has 11 heteroatoms. The fourth-order valence-electron chi connectivity index (χ4n) is 2.96. The third kappa shape index (κ3) is 5.33. The SMILES string of the molecule is O=C(CN(c1ccc(Cl)cc1Cl)S(=O)(=O)c1ccccc1)Nc1nnc(-c2ccccc2)s1. The van der Waals surface area contributed by atoms with Crippen LogP contribution in [0.4, 0.5) is 10.8 Å². The van der Waals surface area contributed by atoms with E-state index in [2.05, 4.69) is 15.5 Å². The summed E-state index contributed by atoms with van der Waals surface area (Å²) in [7, 11) is -4.10. The van der Waals surface area contributed by atoms with Crippen LogP contribution < -0.4 is 9.62 Å². The molecular formula is C22H16Cl2N4O3S2. The van der Waals surface area contributed by atoms with E-state index in [-0.39, 0.29) is 20.7 Å². The smallest absolute Gasteiger partial charge is 0.264 e. The van der Waals surface area contributed by atoms with Gasteiger partial charge in [0.05, 0.1) is 15.6 Å². The summed E-state index contributed by atoms with van der Waals surface area (Å²) in [6, 6.07) is 21.6. The number of benzene rings is 3. The van der Waals surface area contributed by atoms with Crippen LogP contribution in [0.5, 0.6) is 0 Å². The minimum absolute atomic E-state index is 0.0195. The van der Waals surface area contributed by atoms with Gasteiger partial charge in [0.15, 0.2) is 0 Å². The molecule has 0 aliphatic carbocycles. The van der Waals surface area contributed by atoms with Gasteiger partial charge in [-0.25, -0.2) is 8.42 Å². The van der Waals surface area contributed by atoms with E-state index in [4.69, 9.17) is 23.2 Å². The molecule has 3 aromatic carbocycles. The molecule has 0 aliphatic heterocycles. The van der Waals surface area contributed by atoms with Gasteiger partial charge in [-0.3, -0.25) is 14.4 Å². The molecule has 1 heterocycles. The predicted molar refractivity (Wildman–Crippen MR) is 131 cm³/mol. The van der Waals surface area contributed by atoms with E-state index >= 15 is 0 Å². The molecule has 168 valence electrons. The summed E-state index contributed by atoms with van der Waals surface area (Å²) >= 11 is 13.4. The third-order valence-electron chi connectivity index (χ3n) is 4.49. The molecule has 0 aliphatic rings. The Balaban J connectivity index is 1.62. The van der Waals surface area contributed by atoms with Gasteiger partial charge in [0.1, 0.15) is 11.6 Å². The Morgan fingerprint density at radius 2 is 1.61 bits per heavy atom. The Bertz CT molecular complexity index is 1380. The van der Waals surface area contributed by atoms with Crippen molar-refractivity contribution in [3.05, 3.63) is 88.9 Å². The average Bonchev–Trinajstić information content (AvgIpc) is 3.27. The van der Waals surface area contributed by atoms with Crippen LogP contribution in [-0.2, 0) is 14.8 Å². The maximum absolute atomic E-state index is 13.4. The van der Waals surface area contributed by atoms with Crippen LogP contribution in [0.25, 0.3) is 10.6 Å². The number of carbonyl (C=O) groups is 1. The number of hydrogen-bond donors (Lipinski definition) is 1. The molecule has 0 saturated heterocycles. The van der Waals surface area contributed by atoms with Gasteiger partial charge in [-0.1, -0.05) is 83.1 Å². The van der Waals surface area contributed by atoms with Crippen molar-refractivity contribution in [3.8, 4) is 10.6 Å². The van der Waals surface area contributed by atoms with Crippen LogP contribution >= 0.6 is 34.5 Å². The van der Waals surface area contributed by atoms with Crippen LogP contribution in [-0.4, -0.2) is 31.1 Å². The molecule has 1 N–H and O–H groups in total. The Kier molecular flexibility index (Phi) is 6.94. The highest BCUT2D eigenvalue weighted by Crippen LogP contribution is 2.33. The van der Waals surface area contributed by atoms with Gasteiger partial charge >= 0.3 is 0 Å². The topological polar surface area (TPSA) is 92.3 Å². The van der Waals surface area contributed by atoms with Gasteiger partial charge in [0.25, 0.3) is 10.0 Å². The van der Waals surface area contributed by atoms with Crippen LogP contribution in [0, 0.1) is 0 Å². The Labute approximate surface area is 204 Å². The number of hydrogen-bond acceptors (Lipinski definition) is 6. The van der Waals surface area contributed by atoms with E-state index < -0.39 is 22.5 Å². The fraction of sp³-hybridized carbons (Fsp3) is 0.0455. The van der Waals surface area contributed by atoms with E-state index in [0.29, 0.717) is 10.0 Å². The molecule has 1 amide bonds. The van der Waals surface area contributed by atoms with E-state index in [1.54, 1.807) is 18.2 Å². The van der Waals surface area contributed by atoms with Gasteiger partial charge in [-0.2, -0.15) is 0 Å². The van der Waals surface area contributed by atoms with Crippen molar-refractivity contribution < 1.29 is 13.2 Å². The molecule has 33 heavy (non-hydrogen) atoms. The summed E-state index contributed by atoms with van der Waals surface area (Å²) < 4.78 is 27.7. The molecule has 0 fully saturated rings. The monoisotopic (exact) mass is 518 g/mol. The highest BCUT2D eigenvalue weighted by atomic mass is 35.5. The molecular weight excluding hydrogens is 503 g/mol. The molecule has 0 unspecified atom stereocenters. The zero-order valence-electron chi connectivity index (χ0n) is 16.9. The summed E-state index contributed by atoms with van der Waals surface area (Å²) in [5.41, 5.74) is 0.985. The van der Waals surface area contributed by atoms with E-state index in [0.717, 1.165) is 9.87 Å². The Hall–Kier alpha value is -2.98. The zero-order chi connectivity index (χ0) is 23.4. The number of halogens is 2. The van der Waals surface area contributed by atoms with Gasteiger partial charge < -0.3 is 0 Å². The molecule has 0 bridgehead atoms. The Morgan fingerprint density at radius 1 is 0.939 bits per heavy atom. The van der Waals surface area contributed by atoms with Crippen molar-refractivity contribution in [3.63, 3.8) is 0 Å². The maximum Gasteiger partial charge on any atom is 0.264 e. The molecule has 4 aromatic rings. The van der Waals surface area contributed by atoms with Crippen molar-refractivity contribution in [1.82, 2.24) is 10.2 Å². The minimum Gasteiger partial charge on any atom is -0.299 e. The number of nitrogens with one attached hydrogen (secondary N) is 1. The third-order valence-corrected chi connectivity index (χ3v) is 7.69. The predicted octanol–water partition coefficient (Wildman–Crippen LogP) is 5.35. The maximum atomic E-state index is 13.4. The van der Waals surface area contributed by atoms with E-state index in [1.807, 2.05) is 30.3 Å². The molecule has 7 nitrogen and oxygen atoms in total. The normalized spacial score (nSPS) is 11.2. The largest absolute Gasteiger partial charge is 0.299 e. The second-order valence-electron chi connectivity index (χ2n) is 6.75. The molecule has 0 atom stereocenters. The minimum atomic E-state index is -4.10. The first-order valence-electron chi connectivity index (χ1n) is 9.56. The fourth-order valence-corrected chi connectivity index (χ4v) is 5.75. The lowest BCUT2D eigenvalue weighted by Crippen LogP contribution is -2.38. The second kappa shape index (κ2) is 9.88. The number of sulfonamides is 1. The average molecular weight is 519 g/mol. The lowest BCUT2D eigenvalue weighted by atomic mass is 10.2. The van der Waals surface area contributed by atoms with Crippen LogP contribution in [0.1, 0.15) is 0 Å². The first-order chi connectivity index (χ1) is 15.8. The van der Waals surface area contributed by atoms with Crippen molar-refractivity contribution >= 4 is 61.3 Å². The second-order valence-corrected chi connectivity index (χ2v) is 10.4. The molecule has 4 rings (SSSR count). The summed E-state index contributed by atoms with van der Waals surface area (Å²) in [6.07, 6.45) is 0. The lowest BCUT2D eigenvalue weighted by molar-refractivity contribution is -0.114. The van der Waals surface area contributed by atoms with Gasteiger partial charge in [-0.05, 0) is 30.3 Å². The van der Waals surface area contributed by atoms with Gasteiger partial charge in [0, 0.05) is 10.6 Å². The summed E-state index contributed by atoms with van der Waals surface area (Å²) in [6.45, 7) is -0.529. The van der Waals surface area contributed by atoms with Gasteiger partial charge in [0.2, 0.25) is 11.0 Å². The summed E-state index contributed by atoms with van der Waals surface area (Å²) in [5, 5.41) is 12.0. The number of aromatic nitrogens is 2. The highest BCUT2D eigenvalue weighted by molar-refractivity contribution is 7.92. The number of anilines is 2. The van der Waals surface area contributed by atoms with Crippen molar-refractivity contribution in [1.29, 1.82) is 0 Å². The first kappa shape index (κ1) is 23.2. The van der Waals surface area contributed by atoms with E-state index in [1.165, 1.54) is 41.7 Å². The van der Waals surface area contributed by atoms with Gasteiger partial charge in [-0.15, -0.1) is 10.2 Å². The highest BCUT2D eigenvalue weighted by Gasteiger charge is 2.29. The van der Waals surface area contributed by atoms with Crippen molar-refractivity contribution in [2.75, 3.05) is 16.2 Å². The summed E-state index contributed by atoms with van der Waals surface area (Å²) in [5.74, 6) is -0.601. The molecule has 1 aromatic heterocycles. The molecule has 0 saturated carbocycles. The van der Waals surface area contributed by atoms with Crippen molar-refractivity contribution in [2.45, 2.75) is 4.90 Å². The Morgan fingerprint density at radius 3 is 2.27 bits per heavy atom. The number of nitrogens with zero attached hydrogens (tertiary/aromatic N) is 3.